The summed E-state index contributed by atoms with van der Waals surface area (Å²) in [5.41, 5.74) is 0. The maximum Gasteiger partial charge on any atom is 0.226 e. The van der Waals surface area contributed by atoms with Crippen molar-refractivity contribution in [1.29, 1.82) is 0 Å². The van der Waals surface area contributed by atoms with Gasteiger partial charge in [0.25, 0.3) is 0 Å². The van der Waals surface area contributed by atoms with Gasteiger partial charge in [0.1, 0.15) is 0 Å². The predicted octanol–water partition coefficient (Wildman–Crippen LogP) is 3.34. The van der Waals surface area contributed by atoms with Crippen LogP contribution in [0.5, 0.6) is 0 Å². The molecule has 0 atom stereocenters. The van der Waals surface area contributed by atoms with Gasteiger partial charge in [-0.25, -0.2) is 0 Å². The lowest BCUT2D eigenvalue weighted by atomic mass is 10.5. The third-order valence-corrected chi connectivity index (χ3v) is 4.50. The average Bonchev–Trinajstić information content (AvgIpc) is 2.13. The first-order chi connectivity index (χ1) is 4.61. The highest BCUT2D eigenvalue weighted by Gasteiger charge is 2.07. The SMILES string of the molecule is O=C(S)c1cc(Br)c(Br)s1. The van der Waals surface area contributed by atoms with E-state index in [4.69, 9.17) is 0 Å². The topological polar surface area (TPSA) is 17.1 Å². The Morgan fingerprint density at radius 1 is 1.60 bits per heavy atom. The first-order valence-corrected chi connectivity index (χ1v) is 5.14. The minimum absolute atomic E-state index is 0.198. The number of hydrogen-bond donors (Lipinski definition) is 1. The van der Waals surface area contributed by atoms with Crippen LogP contribution in [0.3, 0.4) is 0 Å². The zero-order chi connectivity index (χ0) is 7.72. The van der Waals surface area contributed by atoms with Crippen molar-refractivity contribution >= 4 is 60.9 Å². The van der Waals surface area contributed by atoms with Gasteiger partial charge in [-0.15, -0.1) is 11.3 Å². The maximum atomic E-state index is 10.6. The molecule has 0 amide bonds. The molecule has 0 radical (unpaired) electrons. The second-order valence-electron chi connectivity index (χ2n) is 1.54. The fourth-order valence-electron chi connectivity index (χ4n) is 0.452. The Morgan fingerprint density at radius 3 is 2.40 bits per heavy atom. The maximum absolute atomic E-state index is 10.6. The van der Waals surface area contributed by atoms with Gasteiger partial charge in [-0.3, -0.25) is 4.79 Å². The minimum atomic E-state index is -0.198. The molecule has 0 aromatic carbocycles. The Bertz CT molecular complexity index is 249. The van der Waals surface area contributed by atoms with Crippen molar-refractivity contribution in [2.45, 2.75) is 0 Å². The first kappa shape index (κ1) is 8.77. The molecule has 1 nitrogen and oxygen atoms in total. The van der Waals surface area contributed by atoms with E-state index in [1.54, 1.807) is 6.07 Å². The molecular weight excluding hydrogens is 300 g/mol. The summed E-state index contributed by atoms with van der Waals surface area (Å²) in [6.07, 6.45) is 0. The number of carbonyl (C=O) groups is 1. The molecule has 10 heavy (non-hydrogen) atoms. The van der Waals surface area contributed by atoms with E-state index in [0.29, 0.717) is 4.88 Å². The summed E-state index contributed by atoms with van der Waals surface area (Å²) in [4.78, 5) is 11.3. The quantitative estimate of drug-likeness (QED) is 0.787. The molecule has 1 aromatic heterocycles. The molecule has 1 rings (SSSR count). The van der Waals surface area contributed by atoms with Crippen LogP contribution < -0.4 is 0 Å². The van der Waals surface area contributed by atoms with Crippen LogP contribution in [0.2, 0.25) is 0 Å². The Labute approximate surface area is 84.5 Å². The van der Waals surface area contributed by atoms with Crippen LogP contribution in [-0.4, -0.2) is 5.12 Å². The summed E-state index contributed by atoms with van der Waals surface area (Å²) in [7, 11) is 0. The van der Waals surface area contributed by atoms with Gasteiger partial charge in [0.05, 0.1) is 8.66 Å². The van der Waals surface area contributed by atoms with Crippen LogP contribution in [0, 0.1) is 0 Å². The number of carbonyl (C=O) groups excluding carboxylic acids is 1. The minimum Gasteiger partial charge on any atom is -0.281 e. The fourth-order valence-corrected chi connectivity index (χ4v) is 2.53. The van der Waals surface area contributed by atoms with E-state index < -0.39 is 0 Å². The van der Waals surface area contributed by atoms with Crippen molar-refractivity contribution in [3.8, 4) is 0 Å². The van der Waals surface area contributed by atoms with Crippen LogP contribution >= 0.6 is 55.8 Å². The number of hydrogen-bond acceptors (Lipinski definition) is 2. The lowest BCUT2D eigenvalue weighted by Gasteiger charge is -1.79. The van der Waals surface area contributed by atoms with Gasteiger partial charge in [-0.2, -0.15) is 0 Å². The van der Waals surface area contributed by atoms with Crippen LogP contribution in [-0.2, 0) is 0 Å². The van der Waals surface area contributed by atoms with Gasteiger partial charge in [-0.05, 0) is 37.9 Å². The van der Waals surface area contributed by atoms with Gasteiger partial charge < -0.3 is 0 Å². The Morgan fingerprint density at radius 2 is 2.20 bits per heavy atom. The molecule has 0 fully saturated rings. The summed E-state index contributed by atoms with van der Waals surface area (Å²) < 4.78 is 1.82. The van der Waals surface area contributed by atoms with Crippen molar-refractivity contribution in [2.75, 3.05) is 0 Å². The van der Waals surface area contributed by atoms with Crippen molar-refractivity contribution in [3.63, 3.8) is 0 Å². The second kappa shape index (κ2) is 3.38. The molecule has 0 saturated carbocycles. The molecule has 0 N–H and O–H groups in total. The predicted molar refractivity (Wildman–Crippen MR) is 53.0 cm³/mol. The molecule has 54 valence electrons. The van der Waals surface area contributed by atoms with Gasteiger partial charge in [0.2, 0.25) is 5.12 Å². The molecule has 0 spiro atoms. The van der Waals surface area contributed by atoms with Crippen LogP contribution in [0.4, 0.5) is 0 Å². The standard InChI is InChI=1S/C5H2Br2OS2/c6-2-1-3(5(8)9)10-4(2)7/h1H,(H,8,9). The molecule has 0 saturated heterocycles. The zero-order valence-electron chi connectivity index (χ0n) is 4.60. The average molecular weight is 302 g/mol. The van der Waals surface area contributed by atoms with Gasteiger partial charge >= 0.3 is 0 Å². The molecule has 1 heterocycles. The van der Waals surface area contributed by atoms with E-state index in [1.165, 1.54) is 11.3 Å². The molecule has 0 bridgehead atoms. The van der Waals surface area contributed by atoms with Crippen molar-refractivity contribution in [1.82, 2.24) is 0 Å². The monoisotopic (exact) mass is 300 g/mol. The van der Waals surface area contributed by atoms with Crippen LogP contribution in [0.1, 0.15) is 9.67 Å². The summed E-state index contributed by atoms with van der Waals surface area (Å²) >= 11 is 11.6. The van der Waals surface area contributed by atoms with Crippen LogP contribution in [0.25, 0.3) is 0 Å². The number of rotatable bonds is 1. The van der Waals surface area contributed by atoms with E-state index >= 15 is 0 Å². The third-order valence-electron chi connectivity index (χ3n) is 0.856. The lowest BCUT2D eigenvalue weighted by Crippen LogP contribution is -1.78. The highest BCUT2D eigenvalue weighted by molar-refractivity contribution is 9.13. The van der Waals surface area contributed by atoms with Crippen molar-refractivity contribution < 1.29 is 4.79 Å². The summed E-state index contributed by atoms with van der Waals surface area (Å²) in [6.45, 7) is 0. The van der Waals surface area contributed by atoms with Crippen molar-refractivity contribution in [3.05, 3.63) is 19.2 Å². The molecule has 5 heteroatoms. The molecule has 0 aliphatic carbocycles. The Balaban J connectivity index is 3.10. The molecular formula is C5H2Br2OS2. The van der Waals surface area contributed by atoms with E-state index in [9.17, 15) is 4.79 Å². The zero-order valence-corrected chi connectivity index (χ0v) is 9.48. The number of thiophene rings is 1. The summed E-state index contributed by atoms with van der Waals surface area (Å²) in [5, 5.41) is -0.198. The first-order valence-electron chi connectivity index (χ1n) is 2.29. The van der Waals surface area contributed by atoms with E-state index in [1.807, 2.05) is 0 Å². The van der Waals surface area contributed by atoms with E-state index in [0.717, 1.165) is 8.26 Å². The molecule has 1 aromatic rings. The van der Waals surface area contributed by atoms with Gasteiger partial charge in [0.15, 0.2) is 0 Å². The normalized spacial score (nSPS) is 9.90. The van der Waals surface area contributed by atoms with E-state index in [2.05, 4.69) is 44.5 Å². The lowest BCUT2D eigenvalue weighted by molar-refractivity contribution is 0.109. The van der Waals surface area contributed by atoms with Gasteiger partial charge in [-0.1, -0.05) is 12.6 Å². The smallest absolute Gasteiger partial charge is 0.226 e. The van der Waals surface area contributed by atoms with Crippen LogP contribution in [0.15, 0.2) is 14.3 Å². The molecule has 0 aliphatic rings. The Hall–Kier alpha value is 0.680. The number of thiol groups is 1. The number of halogens is 2. The highest BCUT2D eigenvalue weighted by Crippen LogP contribution is 2.32. The third kappa shape index (κ3) is 1.84. The van der Waals surface area contributed by atoms with Crippen molar-refractivity contribution in [2.24, 2.45) is 0 Å². The molecule has 0 unspecified atom stereocenters. The Kier molecular flexibility index (Phi) is 2.97. The molecule has 0 aliphatic heterocycles. The second-order valence-corrected chi connectivity index (χ2v) is 5.17. The highest BCUT2D eigenvalue weighted by atomic mass is 79.9. The fraction of sp³-hybridized carbons (Fsp3) is 0. The summed E-state index contributed by atoms with van der Waals surface area (Å²) in [6, 6.07) is 1.74. The largest absolute Gasteiger partial charge is 0.281 e. The summed E-state index contributed by atoms with van der Waals surface area (Å²) in [5.74, 6) is 0. The van der Waals surface area contributed by atoms with Gasteiger partial charge in [0, 0.05) is 4.47 Å². The van der Waals surface area contributed by atoms with E-state index in [-0.39, 0.29) is 5.12 Å².